The van der Waals surface area contributed by atoms with Crippen molar-refractivity contribution in [3.8, 4) is 0 Å². The van der Waals surface area contributed by atoms with Gasteiger partial charge in [0.05, 0.1) is 0 Å². The van der Waals surface area contributed by atoms with Crippen molar-refractivity contribution >= 4 is 0 Å². The minimum absolute atomic E-state index is 0. The van der Waals surface area contributed by atoms with Crippen molar-refractivity contribution in [1.29, 1.82) is 0 Å². The Hall–Kier alpha value is -0.123. The molecule has 0 radical (unpaired) electrons. The summed E-state index contributed by atoms with van der Waals surface area (Å²) in [4.78, 5) is 0. The molecule has 1 aliphatic heterocycles. The van der Waals surface area contributed by atoms with Crippen LogP contribution in [0.2, 0.25) is 0 Å². The molecule has 0 aliphatic carbocycles. The molecule has 0 aromatic heterocycles. The Morgan fingerprint density at radius 2 is 2.22 bits per heavy atom. The molecule has 1 heterocycles. The molecule has 0 aromatic rings. The summed E-state index contributed by atoms with van der Waals surface area (Å²) < 4.78 is 0. The minimum atomic E-state index is 0. The van der Waals surface area contributed by atoms with Crippen molar-refractivity contribution in [1.82, 2.24) is 0 Å². The van der Waals surface area contributed by atoms with E-state index in [1.165, 1.54) is 5.57 Å². The fraction of sp³-hybridized carbons (Fsp3) is 0.429. The summed E-state index contributed by atoms with van der Waals surface area (Å²) in [6.45, 7) is 4.16. The van der Waals surface area contributed by atoms with Crippen molar-refractivity contribution < 1.29 is 18.9 Å². The third kappa shape index (κ3) is 2.79. The number of hydrogen-bond donors (Lipinski definition) is 0. The van der Waals surface area contributed by atoms with Gasteiger partial charge in [-0.3, -0.25) is 0 Å². The van der Waals surface area contributed by atoms with Gasteiger partial charge in [0.2, 0.25) is 0 Å². The first kappa shape index (κ1) is 8.88. The van der Waals surface area contributed by atoms with Gasteiger partial charge >= 0.3 is 18.9 Å². The molecule has 0 amide bonds. The van der Waals surface area contributed by atoms with Crippen LogP contribution in [0.15, 0.2) is 23.9 Å². The first-order valence-electron chi connectivity index (χ1n) is 2.84. The number of allylic oxidation sites excluding steroid dienone is 2. The number of hydrogen-bond acceptors (Lipinski definition) is 0. The van der Waals surface area contributed by atoms with Gasteiger partial charge in [0.1, 0.15) is 0 Å². The van der Waals surface area contributed by atoms with Gasteiger partial charge in [-0.05, 0) is 6.92 Å². The first-order valence-corrected chi connectivity index (χ1v) is 2.84. The van der Waals surface area contributed by atoms with Crippen LogP contribution in [0, 0.1) is 0 Å². The summed E-state index contributed by atoms with van der Waals surface area (Å²) in [6.07, 6.45) is 6.01. The Bertz CT molecular complexity index is 138. The molecule has 0 N–H and O–H groups in total. The Balaban J connectivity index is 0.000000640. The zero-order valence-electron chi connectivity index (χ0n) is 6.26. The van der Waals surface area contributed by atoms with Crippen LogP contribution in [0.4, 0.5) is 0 Å². The van der Waals surface area contributed by atoms with E-state index < -0.39 is 0 Å². The van der Waals surface area contributed by atoms with Crippen molar-refractivity contribution in [2.24, 2.45) is 0 Å². The van der Waals surface area contributed by atoms with Gasteiger partial charge in [-0.2, -0.15) is 6.20 Å². The molecular formula is C7H10LiN. The standard InChI is InChI=1S/C7H10N.Li/c1-6-3-4-8-7(2)5-6;/h3-5,7H,1-2H3;/q-1;+1. The summed E-state index contributed by atoms with van der Waals surface area (Å²) in [5.41, 5.74) is 1.31. The predicted octanol–water partition coefficient (Wildman–Crippen LogP) is -0.774. The Labute approximate surface area is 68.4 Å². The molecule has 0 spiro atoms. The van der Waals surface area contributed by atoms with Gasteiger partial charge in [-0.1, -0.05) is 24.6 Å². The molecule has 0 saturated carbocycles. The third-order valence-electron chi connectivity index (χ3n) is 1.16. The van der Waals surface area contributed by atoms with Crippen LogP contribution < -0.4 is 18.9 Å². The molecule has 1 aliphatic rings. The van der Waals surface area contributed by atoms with E-state index in [0.29, 0.717) is 6.04 Å². The average molecular weight is 115 g/mol. The molecule has 1 rings (SSSR count). The smallest absolute Gasteiger partial charge is 0.685 e. The second-order valence-electron chi connectivity index (χ2n) is 2.12. The van der Waals surface area contributed by atoms with E-state index in [2.05, 4.69) is 25.2 Å². The van der Waals surface area contributed by atoms with E-state index in [4.69, 9.17) is 0 Å². The molecule has 44 valence electrons. The van der Waals surface area contributed by atoms with Gasteiger partial charge in [-0.15, -0.1) is 6.04 Å². The molecule has 0 fully saturated rings. The van der Waals surface area contributed by atoms with Crippen LogP contribution >= 0.6 is 0 Å². The van der Waals surface area contributed by atoms with Crippen LogP contribution in [-0.4, -0.2) is 6.04 Å². The van der Waals surface area contributed by atoms with E-state index >= 15 is 0 Å². The first-order chi connectivity index (χ1) is 3.79. The molecule has 0 bridgehead atoms. The zero-order chi connectivity index (χ0) is 5.98. The third-order valence-corrected chi connectivity index (χ3v) is 1.16. The van der Waals surface area contributed by atoms with E-state index in [0.717, 1.165) is 0 Å². The summed E-state index contributed by atoms with van der Waals surface area (Å²) >= 11 is 0. The van der Waals surface area contributed by atoms with Gasteiger partial charge < -0.3 is 5.32 Å². The summed E-state index contributed by atoms with van der Waals surface area (Å²) in [5, 5.41) is 4.12. The van der Waals surface area contributed by atoms with Gasteiger partial charge in [0.15, 0.2) is 0 Å². The van der Waals surface area contributed by atoms with Gasteiger partial charge in [-0.25, -0.2) is 0 Å². The van der Waals surface area contributed by atoms with E-state index in [1.807, 2.05) is 12.3 Å². The molecule has 2 heteroatoms. The molecule has 9 heavy (non-hydrogen) atoms. The molecular weight excluding hydrogens is 105 g/mol. The van der Waals surface area contributed by atoms with Crippen LogP contribution in [0.5, 0.6) is 0 Å². The Kier molecular flexibility index (Phi) is 3.77. The van der Waals surface area contributed by atoms with Crippen molar-refractivity contribution in [3.63, 3.8) is 0 Å². The fourth-order valence-electron chi connectivity index (χ4n) is 0.775. The zero-order valence-corrected chi connectivity index (χ0v) is 6.26. The van der Waals surface area contributed by atoms with Crippen molar-refractivity contribution in [2.75, 3.05) is 0 Å². The molecule has 0 aromatic carbocycles. The fourth-order valence-corrected chi connectivity index (χ4v) is 0.775. The van der Waals surface area contributed by atoms with Crippen LogP contribution in [0.3, 0.4) is 0 Å². The summed E-state index contributed by atoms with van der Waals surface area (Å²) in [7, 11) is 0. The Morgan fingerprint density at radius 3 is 2.56 bits per heavy atom. The normalized spacial score (nSPS) is 23.8. The number of nitrogens with zero attached hydrogens (tertiary/aromatic N) is 1. The van der Waals surface area contributed by atoms with Crippen molar-refractivity contribution in [2.45, 2.75) is 19.9 Å². The SMILES string of the molecule is CC1=CC(C)[N-]C=C1.[Li+]. The topological polar surface area (TPSA) is 14.1 Å². The maximum absolute atomic E-state index is 4.12. The number of rotatable bonds is 0. The second kappa shape index (κ2) is 3.82. The quantitative estimate of drug-likeness (QED) is 0.368. The van der Waals surface area contributed by atoms with E-state index in [1.54, 1.807) is 0 Å². The molecule has 1 atom stereocenters. The average Bonchev–Trinajstić information content (AvgIpc) is 1.64. The van der Waals surface area contributed by atoms with Gasteiger partial charge in [0, 0.05) is 0 Å². The predicted molar refractivity (Wildman–Crippen MR) is 35.7 cm³/mol. The second-order valence-corrected chi connectivity index (χ2v) is 2.12. The van der Waals surface area contributed by atoms with E-state index in [9.17, 15) is 0 Å². The monoisotopic (exact) mass is 115 g/mol. The van der Waals surface area contributed by atoms with Crippen LogP contribution in [-0.2, 0) is 0 Å². The molecule has 1 unspecified atom stereocenters. The summed E-state index contributed by atoms with van der Waals surface area (Å²) in [5.74, 6) is 0. The molecule has 1 nitrogen and oxygen atoms in total. The molecule has 0 saturated heterocycles. The largest absolute Gasteiger partial charge is 1.00 e. The maximum atomic E-state index is 4.12. The van der Waals surface area contributed by atoms with Crippen molar-refractivity contribution in [3.05, 3.63) is 29.2 Å². The Morgan fingerprint density at radius 1 is 1.56 bits per heavy atom. The maximum Gasteiger partial charge on any atom is 1.00 e. The van der Waals surface area contributed by atoms with Crippen LogP contribution in [0.25, 0.3) is 5.32 Å². The van der Waals surface area contributed by atoms with Gasteiger partial charge in [0.25, 0.3) is 0 Å². The summed E-state index contributed by atoms with van der Waals surface area (Å²) in [6, 6.07) is 0.389. The van der Waals surface area contributed by atoms with E-state index in [-0.39, 0.29) is 18.9 Å². The van der Waals surface area contributed by atoms with Crippen LogP contribution in [0.1, 0.15) is 13.8 Å². The minimum Gasteiger partial charge on any atom is -0.685 e.